The van der Waals surface area contributed by atoms with E-state index in [4.69, 9.17) is 55.9 Å². The van der Waals surface area contributed by atoms with E-state index in [9.17, 15) is 9.59 Å². The Bertz CT molecular complexity index is 1250. The van der Waals surface area contributed by atoms with Gasteiger partial charge in [-0.3, -0.25) is 4.79 Å². The Kier molecular flexibility index (Phi) is 8.12. The molecule has 9 heteroatoms. The van der Waals surface area contributed by atoms with Gasteiger partial charge < -0.3 is 14.4 Å². The van der Waals surface area contributed by atoms with Crippen LogP contribution in [0.3, 0.4) is 0 Å². The van der Waals surface area contributed by atoms with E-state index >= 15 is 0 Å². The molecule has 2 atom stereocenters. The lowest BCUT2D eigenvalue weighted by atomic mass is 10.0. The van der Waals surface area contributed by atoms with Crippen molar-refractivity contribution in [3.63, 3.8) is 0 Å². The van der Waals surface area contributed by atoms with Crippen molar-refractivity contribution in [1.82, 2.24) is 4.90 Å². The quantitative estimate of drug-likeness (QED) is 0.302. The van der Waals surface area contributed by atoms with Crippen LogP contribution in [0.1, 0.15) is 40.4 Å². The molecule has 0 bridgehead atoms. The maximum Gasteiger partial charge on any atom is 0.328 e. The smallest absolute Gasteiger partial charge is 0.328 e. The van der Waals surface area contributed by atoms with Crippen molar-refractivity contribution in [3.05, 3.63) is 97.4 Å². The third-order valence-corrected chi connectivity index (χ3v) is 6.94. The third kappa shape index (κ3) is 5.70. The molecular formula is C26H21Cl4NO4. The van der Waals surface area contributed by atoms with E-state index in [1.54, 1.807) is 42.5 Å². The standard InChI is InChI=1S/C26H21Cl4NO4/c1-34-26(33)22-3-2-12-31(22)25(32)16-6-11-23(21(30)13-16)35-24(15-4-7-17(27)8-5-15)19-10-9-18(28)14-20(19)29/h4-11,13-14,22,24H,2-3,12H2,1H3/t22-,24?/m0/s1. The van der Waals surface area contributed by atoms with Gasteiger partial charge in [0.05, 0.1) is 12.1 Å². The maximum absolute atomic E-state index is 13.1. The van der Waals surface area contributed by atoms with Crippen LogP contribution in [-0.4, -0.2) is 36.5 Å². The van der Waals surface area contributed by atoms with Gasteiger partial charge in [-0.2, -0.15) is 0 Å². The molecule has 0 N–H and O–H groups in total. The first-order valence-corrected chi connectivity index (χ1v) is 12.3. The summed E-state index contributed by atoms with van der Waals surface area (Å²) in [5.74, 6) is -0.353. The summed E-state index contributed by atoms with van der Waals surface area (Å²) >= 11 is 25.2. The number of benzene rings is 3. The molecule has 1 aliphatic rings. The highest BCUT2D eigenvalue weighted by molar-refractivity contribution is 6.35. The highest BCUT2D eigenvalue weighted by Gasteiger charge is 2.35. The Morgan fingerprint density at radius 3 is 2.29 bits per heavy atom. The molecule has 0 radical (unpaired) electrons. The van der Waals surface area contributed by atoms with Gasteiger partial charge in [-0.1, -0.05) is 64.6 Å². The van der Waals surface area contributed by atoms with E-state index < -0.39 is 18.1 Å². The van der Waals surface area contributed by atoms with Crippen molar-refractivity contribution in [2.24, 2.45) is 0 Å². The van der Waals surface area contributed by atoms with Gasteiger partial charge in [0, 0.05) is 32.7 Å². The van der Waals surface area contributed by atoms with Crippen LogP contribution in [0, 0.1) is 0 Å². The summed E-state index contributed by atoms with van der Waals surface area (Å²) in [6.45, 7) is 0.474. The molecule has 0 spiro atoms. The van der Waals surface area contributed by atoms with Crippen molar-refractivity contribution in [2.75, 3.05) is 13.7 Å². The first-order chi connectivity index (χ1) is 16.8. The van der Waals surface area contributed by atoms with Gasteiger partial charge >= 0.3 is 5.97 Å². The number of halogens is 4. The lowest BCUT2D eigenvalue weighted by molar-refractivity contribution is -0.145. The van der Waals surface area contributed by atoms with Crippen molar-refractivity contribution in [1.29, 1.82) is 0 Å². The first kappa shape index (κ1) is 25.6. The van der Waals surface area contributed by atoms with Gasteiger partial charge in [0.2, 0.25) is 0 Å². The van der Waals surface area contributed by atoms with Crippen LogP contribution in [0.4, 0.5) is 0 Å². The molecule has 0 aromatic heterocycles. The number of hydrogen-bond acceptors (Lipinski definition) is 4. The van der Waals surface area contributed by atoms with Crippen LogP contribution in [-0.2, 0) is 9.53 Å². The Hall–Kier alpha value is -2.44. The van der Waals surface area contributed by atoms with Crippen molar-refractivity contribution >= 4 is 58.3 Å². The highest BCUT2D eigenvalue weighted by Crippen LogP contribution is 2.37. The summed E-state index contributed by atoms with van der Waals surface area (Å²) in [5, 5.41) is 1.77. The average Bonchev–Trinajstić information content (AvgIpc) is 3.33. The molecule has 182 valence electrons. The number of esters is 1. The fraction of sp³-hybridized carbons (Fsp3) is 0.231. The van der Waals surface area contributed by atoms with Crippen LogP contribution in [0.2, 0.25) is 20.1 Å². The van der Waals surface area contributed by atoms with Crippen LogP contribution in [0.15, 0.2) is 60.7 Å². The number of likely N-dealkylation sites (tertiary alicyclic amines) is 1. The number of nitrogens with zero attached hydrogens (tertiary/aromatic N) is 1. The Morgan fingerprint density at radius 2 is 1.63 bits per heavy atom. The van der Waals surface area contributed by atoms with Crippen LogP contribution in [0.5, 0.6) is 5.75 Å². The molecular weight excluding hydrogens is 532 g/mol. The molecule has 1 amide bonds. The van der Waals surface area contributed by atoms with Crippen molar-refractivity contribution < 1.29 is 19.1 Å². The summed E-state index contributed by atoms with van der Waals surface area (Å²) in [4.78, 5) is 26.7. The zero-order chi connectivity index (χ0) is 25.1. The minimum atomic E-state index is -0.613. The van der Waals surface area contributed by atoms with Crippen molar-refractivity contribution in [3.8, 4) is 5.75 Å². The van der Waals surface area contributed by atoms with E-state index in [0.717, 1.165) is 12.0 Å². The molecule has 4 rings (SSSR count). The third-order valence-electron chi connectivity index (χ3n) is 5.83. The number of carbonyl (C=O) groups excluding carboxylic acids is 2. The number of carbonyl (C=O) groups is 2. The number of amides is 1. The van der Waals surface area contributed by atoms with E-state index in [2.05, 4.69) is 0 Å². The molecule has 0 saturated carbocycles. The van der Waals surface area contributed by atoms with E-state index in [-0.39, 0.29) is 10.9 Å². The molecule has 1 saturated heterocycles. The SMILES string of the molecule is COC(=O)[C@@H]1CCCN1C(=O)c1ccc(OC(c2ccc(Cl)cc2)c2ccc(Cl)cc2Cl)c(Cl)c1. The van der Waals surface area contributed by atoms with Gasteiger partial charge in [0.1, 0.15) is 11.8 Å². The molecule has 1 fully saturated rings. The van der Waals surface area contributed by atoms with Gasteiger partial charge in [-0.05, 0) is 60.9 Å². The van der Waals surface area contributed by atoms with Gasteiger partial charge in [-0.15, -0.1) is 0 Å². The van der Waals surface area contributed by atoms with E-state index in [1.165, 1.54) is 18.1 Å². The normalized spacial score (nSPS) is 16.1. The first-order valence-electron chi connectivity index (χ1n) is 10.8. The molecule has 0 aliphatic carbocycles. The topological polar surface area (TPSA) is 55.8 Å². The van der Waals surface area contributed by atoms with E-state index in [0.29, 0.717) is 44.9 Å². The largest absolute Gasteiger partial charge is 0.479 e. The number of hydrogen-bond donors (Lipinski definition) is 0. The average molecular weight is 553 g/mol. The van der Waals surface area contributed by atoms with Gasteiger partial charge in [0.15, 0.2) is 6.10 Å². The molecule has 3 aromatic rings. The van der Waals surface area contributed by atoms with Crippen LogP contribution < -0.4 is 4.74 Å². The Labute approximate surface area is 223 Å². The number of methoxy groups -OCH3 is 1. The second-order valence-electron chi connectivity index (χ2n) is 8.04. The van der Waals surface area contributed by atoms with Gasteiger partial charge in [-0.25, -0.2) is 4.79 Å². The second kappa shape index (κ2) is 11.1. The minimum absolute atomic E-state index is 0.244. The van der Waals surface area contributed by atoms with Crippen LogP contribution in [0.25, 0.3) is 0 Å². The zero-order valence-corrected chi connectivity index (χ0v) is 21.7. The van der Waals surface area contributed by atoms with Gasteiger partial charge in [0.25, 0.3) is 5.91 Å². The molecule has 1 aliphatic heterocycles. The predicted molar refractivity (Wildman–Crippen MR) is 138 cm³/mol. The summed E-state index contributed by atoms with van der Waals surface area (Å²) in [5.41, 5.74) is 1.84. The predicted octanol–water partition coefficient (Wildman–Crippen LogP) is 7.25. The monoisotopic (exact) mass is 551 g/mol. The fourth-order valence-electron chi connectivity index (χ4n) is 4.08. The lowest BCUT2D eigenvalue weighted by Crippen LogP contribution is -2.41. The molecule has 1 unspecified atom stereocenters. The summed E-state index contributed by atoms with van der Waals surface area (Å²) in [7, 11) is 1.32. The maximum atomic E-state index is 13.1. The lowest BCUT2D eigenvalue weighted by Gasteiger charge is -2.24. The fourth-order valence-corrected chi connectivity index (χ4v) is 4.93. The van der Waals surface area contributed by atoms with E-state index in [1.807, 2.05) is 12.1 Å². The zero-order valence-electron chi connectivity index (χ0n) is 18.6. The minimum Gasteiger partial charge on any atom is -0.479 e. The molecule has 35 heavy (non-hydrogen) atoms. The summed E-state index contributed by atoms with van der Waals surface area (Å²) in [6, 6.07) is 16.5. The summed E-state index contributed by atoms with van der Waals surface area (Å²) < 4.78 is 11.2. The summed E-state index contributed by atoms with van der Waals surface area (Å²) in [6.07, 6.45) is 0.682. The Balaban J connectivity index is 1.63. The van der Waals surface area contributed by atoms with Crippen LogP contribution >= 0.6 is 46.4 Å². The second-order valence-corrected chi connectivity index (χ2v) is 9.73. The molecule has 1 heterocycles. The molecule has 5 nitrogen and oxygen atoms in total. The molecule has 3 aromatic carbocycles. The highest BCUT2D eigenvalue weighted by atomic mass is 35.5. The number of rotatable bonds is 6. The number of ether oxygens (including phenoxy) is 2. The van der Waals surface area contributed by atoms with Crippen molar-refractivity contribution in [2.45, 2.75) is 25.0 Å². The Morgan fingerprint density at radius 1 is 0.914 bits per heavy atom.